The minimum absolute atomic E-state index is 0.192. The maximum absolute atomic E-state index is 11.6. The summed E-state index contributed by atoms with van der Waals surface area (Å²) >= 11 is 1.44. The number of amides is 1. The Labute approximate surface area is 112 Å². The van der Waals surface area contributed by atoms with Crippen LogP contribution in [0.3, 0.4) is 0 Å². The molecule has 1 aromatic rings. The van der Waals surface area contributed by atoms with Crippen molar-refractivity contribution in [2.75, 3.05) is 26.7 Å². The number of hydrogen-bond donors (Lipinski definition) is 2. The molecule has 1 atom stereocenters. The second kappa shape index (κ2) is 5.79. The minimum atomic E-state index is -0.192. The molecule has 6 heteroatoms. The van der Waals surface area contributed by atoms with Crippen LogP contribution in [0.25, 0.3) is 0 Å². The maximum atomic E-state index is 11.6. The summed E-state index contributed by atoms with van der Waals surface area (Å²) in [5.41, 5.74) is 3.27. The van der Waals surface area contributed by atoms with Gasteiger partial charge in [-0.3, -0.25) is 15.1 Å². The second-order valence-electron chi connectivity index (χ2n) is 4.81. The highest BCUT2D eigenvalue weighted by Crippen LogP contribution is 2.20. The van der Waals surface area contributed by atoms with Crippen LogP contribution >= 0.6 is 11.3 Å². The summed E-state index contributed by atoms with van der Waals surface area (Å²) in [5.74, 6) is 5.00. The Balaban J connectivity index is 2.02. The number of hydrazine groups is 1. The van der Waals surface area contributed by atoms with Crippen LogP contribution in [0.4, 0.5) is 0 Å². The van der Waals surface area contributed by atoms with Crippen molar-refractivity contribution in [1.82, 2.24) is 15.2 Å². The van der Waals surface area contributed by atoms with Gasteiger partial charge in [-0.15, -0.1) is 11.3 Å². The van der Waals surface area contributed by atoms with Crippen molar-refractivity contribution in [3.05, 3.63) is 21.9 Å². The van der Waals surface area contributed by atoms with Crippen LogP contribution in [0.15, 0.2) is 11.4 Å². The number of carbonyl (C=O) groups is 1. The Morgan fingerprint density at radius 3 is 3.06 bits per heavy atom. The van der Waals surface area contributed by atoms with Gasteiger partial charge in [-0.05, 0) is 31.0 Å². The number of rotatable bonds is 3. The average Bonchev–Trinajstić information content (AvgIpc) is 2.81. The van der Waals surface area contributed by atoms with E-state index < -0.39 is 0 Å². The van der Waals surface area contributed by atoms with Gasteiger partial charge in [-0.2, -0.15) is 0 Å². The van der Waals surface area contributed by atoms with Crippen LogP contribution in [0.5, 0.6) is 0 Å². The van der Waals surface area contributed by atoms with E-state index in [0.717, 1.165) is 36.6 Å². The largest absolute Gasteiger partial charge is 0.301 e. The molecule has 0 aliphatic carbocycles. The quantitative estimate of drug-likeness (QED) is 0.476. The number of nitrogens with one attached hydrogen (secondary N) is 1. The molecule has 1 aromatic heterocycles. The van der Waals surface area contributed by atoms with Crippen molar-refractivity contribution in [3.8, 4) is 0 Å². The first kappa shape index (κ1) is 13.5. The van der Waals surface area contributed by atoms with E-state index in [4.69, 9.17) is 5.84 Å². The molecular formula is C12H20N4OS. The van der Waals surface area contributed by atoms with E-state index in [0.29, 0.717) is 6.04 Å². The predicted molar refractivity (Wildman–Crippen MR) is 73.3 cm³/mol. The van der Waals surface area contributed by atoms with Crippen molar-refractivity contribution in [3.63, 3.8) is 0 Å². The Morgan fingerprint density at radius 2 is 2.39 bits per heavy atom. The van der Waals surface area contributed by atoms with Crippen LogP contribution in [0.2, 0.25) is 0 Å². The van der Waals surface area contributed by atoms with Gasteiger partial charge in [0.05, 0.1) is 4.88 Å². The average molecular weight is 268 g/mol. The van der Waals surface area contributed by atoms with Gasteiger partial charge >= 0.3 is 0 Å². The molecule has 0 saturated carbocycles. The summed E-state index contributed by atoms with van der Waals surface area (Å²) in [7, 11) is 2.15. The van der Waals surface area contributed by atoms with Crippen molar-refractivity contribution >= 4 is 17.2 Å². The highest BCUT2D eigenvalue weighted by atomic mass is 32.1. The molecule has 0 aromatic carbocycles. The third-order valence-electron chi connectivity index (χ3n) is 3.52. The van der Waals surface area contributed by atoms with Gasteiger partial charge in [0.2, 0.25) is 0 Å². The zero-order chi connectivity index (χ0) is 13.1. The van der Waals surface area contributed by atoms with E-state index in [1.165, 1.54) is 11.3 Å². The third kappa shape index (κ3) is 2.89. The van der Waals surface area contributed by atoms with Gasteiger partial charge in [0, 0.05) is 32.2 Å². The standard InChI is InChI=1S/C12H20N4OS/c1-9-7-16(5-4-15(9)2)8-10-3-6-18-11(10)12(17)14-13/h3,6,9H,4-5,7-8,13H2,1-2H3,(H,14,17). The van der Waals surface area contributed by atoms with Crippen molar-refractivity contribution in [2.45, 2.75) is 19.5 Å². The number of thiophene rings is 1. The van der Waals surface area contributed by atoms with E-state index in [-0.39, 0.29) is 5.91 Å². The number of nitrogen functional groups attached to an aromatic ring is 1. The van der Waals surface area contributed by atoms with Gasteiger partial charge < -0.3 is 4.90 Å². The number of hydrogen-bond acceptors (Lipinski definition) is 5. The zero-order valence-corrected chi connectivity index (χ0v) is 11.7. The normalized spacial score (nSPS) is 22.1. The Kier molecular flexibility index (Phi) is 4.34. The number of carbonyl (C=O) groups excluding carboxylic acids is 1. The lowest BCUT2D eigenvalue weighted by Crippen LogP contribution is -2.49. The molecule has 1 fully saturated rings. The SMILES string of the molecule is CC1CN(Cc2ccsc2C(=O)NN)CCN1C. The first-order valence-electron chi connectivity index (χ1n) is 6.11. The van der Waals surface area contributed by atoms with Gasteiger partial charge in [0.25, 0.3) is 5.91 Å². The summed E-state index contributed by atoms with van der Waals surface area (Å²) in [6.07, 6.45) is 0. The van der Waals surface area contributed by atoms with Crippen molar-refractivity contribution in [1.29, 1.82) is 0 Å². The Morgan fingerprint density at radius 1 is 1.61 bits per heavy atom. The molecule has 1 unspecified atom stereocenters. The Bertz CT molecular complexity index is 420. The zero-order valence-electron chi connectivity index (χ0n) is 10.8. The van der Waals surface area contributed by atoms with Gasteiger partial charge in [-0.25, -0.2) is 5.84 Å². The second-order valence-corrected chi connectivity index (χ2v) is 5.73. The molecule has 2 rings (SSSR count). The number of nitrogens with two attached hydrogens (primary N) is 1. The highest BCUT2D eigenvalue weighted by Gasteiger charge is 2.22. The number of piperazine rings is 1. The van der Waals surface area contributed by atoms with E-state index in [9.17, 15) is 4.79 Å². The lowest BCUT2D eigenvalue weighted by molar-refractivity contribution is 0.0939. The van der Waals surface area contributed by atoms with Crippen LogP contribution in [0, 0.1) is 0 Å². The topological polar surface area (TPSA) is 61.6 Å². The van der Waals surface area contributed by atoms with E-state index >= 15 is 0 Å². The van der Waals surface area contributed by atoms with Crippen LogP contribution in [0.1, 0.15) is 22.2 Å². The molecule has 3 N–H and O–H groups in total. The highest BCUT2D eigenvalue weighted by molar-refractivity contribution is 7.12. The summed E-state index contributed by atoms with van der Waals surface area (Å²) in [6, 6.07) is 2.57. The van der Waals surface area contributed by atoms with E-state index in [1.807, 2.05) is 11.4 Å². The fraction of sp³-hybridized carbons (Fsp3) is 0.583. The molecule has 18 heavy (non-hydrogen) atoms. The predicted octanol–water partition coefficient (Wildman–Crippen LogP) is 0.488. The fourth-order valence-electron chi connectivity index (χ4n) is 2.23. The molecule has 0 bridgehead atoms. The molecule has 1 amide bonds. The van der Waals surface area contributed by atoms with E-state index in [1.54, 1.807) is 0 Å². The number of likely N-dealkylation sites (N-methyl/N-ethyl adjacent to an activating group) is 1. The van der Waals surface area contributed by atoms with Crippen LogP contribution in [-0.4, -0.2) is 48.4 Å². The summed E-state index contributed by atoms with van der Waals surface area (Å²) < 4.78 is 0. The van der Waals surface area contributed by atoms with Gasteiger partial charge in [-0.1, -0.05) is 0 Å². The summed E-state index contributed by atoms with van der Waals surface area (Å²) in [5, 5.41) is 1.94. The fourth-order valence-corrected chi connectivity index (χ4v) is 3.05. The van der Waals surface area contributed by atoms with Crippen LogP contribution < -0.4 is 11.3 Å². The summed E-state index contributed by atoms with van der Waals surface area (Å²) in [4.78, 5) is 17.1. The lowest BCUT2D eigenvalue weighted by atomic mass is 10.1. The smallest absolute Gasteiger partial charge is 0.275 e. The molecule has 0 radical (unpaired) electrons. The van der Waals surface area contributed by atoms with Crippen molar-refractivity contribution in [2.24, 2.45) is 5.84 Å². The van der Waals surface area contributed by atoms with Crippen LogP contribution in [-0.2, 0) is 6.54 Å². The molecule has 1 aliphatic rings. The lowest BCUT2D eigenvalue weighted by Gasteiger charge is -2.37. The minimum Gasteiger partial charge on any atom is -0.301 e. The molecule has 1 saturated heterocycles. The first-order valence-corrected chi connectivity index (χ1v) is 6.99. The van der Waals surface area contributed by atoms with E-state index in [2.05, 4.69) is 29.2 Å². The molecular weight excluding hydrogens is 248 g/mol. The monoisotopic (exact) mass is 268 g/mol. The molecule has 1 aliphatic heterocycles. The van der Waals surface area contributed by atoms with Crippen molar-refractivity contribution < 1.29 is 4.79 Å². The molecule has 5 nitrogen and oxygen atoms in total. The number of nitrogens with zero attached hydrogens (tertiary/aromatic N) is 2. The molecule has 2 heterocycles. The Hall–Kier alpha value is -0.950. The maximum Gasteiger partial charge on any atom is 0.275 e. The van der Waals surface area contributed by atoms with Gasteiger partial charge in [0.15, 0.2) is 0 Å². The molecule has 0 spiro atoms. The molecule has 100 valence electrons. The summed E-state index contributed by atoms with van der Waals surface area (Å²) in [6.45, 7) is 6.21. The first-order chi connectivity index (χ1) is 8.61. The van der Waals surface area contributed by atoms with Gasteiger partial charge in [0.1, 0.15) is 0 Å². The third-order valence-corrected chi connectivity index (χ3v) is 4.48.